The zero-order chi connectivity index (χ0) is 18.8. The van der Waals surface area contributed by atoms with E-state index in [-0.39, 0.29) is 5.91 Å². The predicted octanol–water partition coefficient (Wildman–Crippen LogP) is 3.80. The van der Waals surface area contributed by atoms with Gasteiger partial charge in [0.05, 0.1) is 0 Å². The van der Waals surface area contributed by atoms with Crippen molar-refractivity contribution in [3.05, 3.63) is 58.9 Å². The summed E-state index contributed by atoms with van der Waals surface area (Å²) in [6.07, 6.45) is 4.59. The molecule has 1 amide bonds. The normalized spacial score (nSPS) is 23.3. The number of aryl methyl sites for hydroxylation is 2. The summed E-state index contributed by atoms with van der Waals surface area (Å²) in [5.41, 5.74) is 4.34. The molecule has 1 aromatic heterocycles. The van der Waals surface area contributed by atoms with E-state index in [1.54, 1.807) is 0 Å². The molecular weight excluding hydrogens is 334 g/mol. The molecule has 2 fully saturated rings. The quantitative estimate of drug-likeness (QED) is 0.895. The molecule has 0 radical (unpaired) electrons. The van der Waals surface area contributed by atoms with Crippen LogP contribution in [0.1, 0.15) is 46.6 Å². The second-order valence-electron chi connectivity index (χ2n) is 8.30. The number of carbonyl (C=O) groups excluding carboxylic acids is 1. The molecule has 4 nitrogen and oxygen atoms in total. The van der Waals surface area contributed by atoms with Crippen molar-refractivity contribution in [3.8, 4) is 0 Å². The Labute approximate surface area is 162 Å². The summed E-state index contributed by atoms with van der Waals surface area (Å²) in [6.45, 7) is 8.31. The highest BCUT2D eigenvalue weighted by atomic mass is 16.2. The number of carbonyl (C=O) groups is 1. The van der Waals surface area contributed by atoms with E-state index in [0.717, 1.165) is 62.4 Å². The minimum atomic E-state index is 0.202. The number of amides is 1. The largest absolute Gasteiger partial charge is 0.354 e. The number of aromatic nitrogens is 1. The van der Waals surface area contributed by atoms with E-state index in [1.165, 1.54) is 12.0 Å². The highest BCUT2D eigenvalue weighted by Gasteiger charge is 2.38. The highest BCUT2D eigenvalue weighted by Crippen LogP contribution is 2.32. The lowest BCUT2D eigenvalue weighted by Crippen LogP contribution is -2.56. The molecule has 0 spiro atoms. The second-order valence-corrected chi connectivity index (χ2v) is 8.30. The molecule has 2 aliphatic heterocycles. The molecule has 2 atom stereocenters. The fraction of sp³-hybridized carbons (Fsp3) is 0.522. The van der Waals surface area contributed by atoms with Gasteiger partial charge in [0.15, 0.2) is 0 Å². The zero-order valence-corrected chi connectivity index (χ0v) is 16.6. The van der Waals surface area contributed by atoms with Gasteiger partial charge in [0, 0.05) is 37.9 Å². The summed E-state index contributed by atoms with van der Waals surface area (Å²) in [5.74, 6) is 0.816. The molecule has 144 valence electrons. The second kappa shape index (κ2) is 7.89. The van der Waals surface area contributed by atoms with Gasteiger partial charge in [0.1, 0.15) is 5.69 Å². The van der Waals surface area contributed by atoms with Crippen molar-refractivity contribution in [3.63, 3.8) is 0 Å². The van der Waals surface area contributed by atoms with Crippen molar-refractivity contribution in [2.75, 3.05) is 26.2 Å². The van der Waals surface area contributed by atoms with Gasteiger partial charge in [-0.2, -0.15) is 0 Å². The molecule has 27 heavy (non-hydrogen) atoms. The SMILES string of the molecule is Cc1cc(C)c(C(=O)N2CCC[C@@H]3CN(CCc4ccccc4)CC[C@@H]32)[nH]1. The van der Waals surface area contributed by atoms with E-state index in [1.807, 2.05) is 13.8 Å². The first-order valence-electron chi connectivity index (χ1n) is 10.4. The van der Waals surface area contributed by atoms with Crippen LogP contribution in [0.5, 0.6) is 0 Å². The molecule has 1 aromatic carbocycles. The summed E-state index contributed by atoms with van der Waals surface area (Å²) in [6, 6.07) is 13.2. The number of hydrogen-bond acceptors (Lipinski definition) is 2. The lowest BCUT2D eigenvalue weighted by molar-refractivity contribution is 0.0200. The predicted molar refractivity (Wildman–Crippen MR) is 109 cm³/mol. The Morgan fingerprint density at radius 1 is 1.15 bits per heavy atom. The number of nitrogens with one attached hydrogen (secondary N) is 1. The topological polar surface area (TPSA) is 39.3 Å². The molecule has 0 unspecified atom stereocenters. The van der Waals surface area contributed by atoms with Gasteiger partial charge in [-0.05, 0) is 62.6 Å². The molecule has 4 rings (SSSR count). The van der Waals surface area contributed by atoms with Gasteiger partial charge in [0.25, 0.3) is 5.91 Å². The average Bonchev–Trinajstić information content (AvgIpc) is 3.04. The van der Waals surface area contributed by atoms with Crippen molar-refractivity contribution in [1.82, 2.24) is 14.8 Å². The number of rotatable bonds is 4. The lowest BCUT2D eigenvalue weighted by atomic mass is 9.83. The minimum Gasteiger partial charge on any atom is -0.354 e. The van der Waals surface area contributed by atoms with E-state index >= 15 is 0 Å². The highest BCUT2D eigenvalue weighted by molar-refractivity contribution is 5.94. The van der Waals surface area contributed by atoms with Crippen LogP contribution < -0.4 is 0 Å². The minimum absolute atomic E-state index is 0.202. The van der Waals surface area contributed by atoms with Crippen LogP contribution in [-0.2, 0) is 6.42 Å². The van der Waals surface area contributed by atoms with Gasteiger partial charge >= 0.3 is 0 Å². The third-order valence-electron chi connectivity index (χ3n) is 6.34. The van der Waals surface area contributed by atoms with Crippen molar-refractivity contribution < 1.29 is 4.79 Å². The van der Waals surface area contributed by atoms with Gasteiger partial charge in [-0.15, -0.1) is 0 Å². The smallest absolute Gasteiger partial charge is 0.270 e. The van der Waals surface area contributed by atoms with E-state index in [4.69, 9.17) is 0 Å². The Morgan fingerprint density at radius 2 is 1.96 bits per heavy atom. The summed E-state index contributed by atoms with van der Waals surface area (Å²) >= 11 is 0. The number of benzene rings is 1. The number of piperidine rings is 2. The number of aromatic amines is 1. The number of nitrogens with zero attached hydrogens (tertiary/aromatic N) is 2. The Hall–Kier alpha value is -2.07. The fourth-order valence-corrected chi connectivity index (χ4v) is 4.96. The molecule has 1 N–H and O–H groups in total. The third-order valence-corrected chi connectivity index (χ3v) is 6.34. The van der Waals surface area contributed by atoms with Crippen LogP contribution in [0.15, 0.2) is 36.4 Å². The third kappa shape index (κ3) is 3.96. The van der Waals surface area contributed by atoms with E-state index in [0.29, 0.717) is 12.0 Å². The average molecular weight is 366 g/mol. The molecule has 2 aromatic rings. The van der Waals surface area contributed by atoms with Crippen molar-refractivity contribution in [1.29, 1.82) is 0 Å². The monoisotopic (exact) mass is 365 g/mol. The maximum atomic E-state index is 13.2. The van der Waals surface area contributed by atoms with Gasteiger partial charge in [0.2, 0.25) is 0 Å². The Bertz CT molecular complexity index is 782. The van der Waals surface area contributed by atoms with Crippen LogP contribution in [0.2, 0.25) is 0 Å². The first-order valence-corrected chi connectivity index (χ1v) is 10.4. The summed E-state index contributed by atoms with van der Waals surface area (Å²) < 4.78 is 0. The van der Waals surface area contributed by atoms with Gasteiger partial charge in [-0.25, -0.2) is 0 Å². The summed E-state index contributed by atoms with van der Waals surface area (Å²) in [4.78, 5) is 21.2. The molecule has 0 aliphatic carbocycles. The maximum Gasteiger partial charge on any atom is 0.270 e. The molecule has 3 heterocycles. The molecule has 2 aliphatic rings. The Balaban J connectivity index is 1.39. The standard InChI is InChI=1S/C23H31N3O/c1-17-15-18(2)24-22(17)23(27)26-12-6-9-20-16-25(14-11-21(20)26)13-10-19-7-4-3-5-8-19/h3-5,7-8,15,20-21,24H,6,9-14,16H2,1-2H3/t20-,21+/m1/s1. The molecular formula is C23H31N3O. The number of hydrogen-bond donors (Lipinski definition) is 1. The van der Waals surface area contributed by atoms with Crippen molar-refractivity contribution in [2.24, 2.45) is 5.92 Å². The van der Waals surface area contributed by atoms with Crippen LogP contribution in [0.3, 0.4) is 0 Å². The molecule has 0 saturated carbocycles. The van der Waals surface area contributed by atoms with Crippen LogP contribution in [0.25, 0.3) is 0 Å². The first-order chi connectivity index (χ1) is 13.1. The lowest BCUT2D eigenvalue weighted by Gasteiger charge is -2.47. The summed E-state index contributed by atoms with van der Waals surface area (Å²) in [5, 5.41) is 0. The van der Waals surface area contributed by atoms with Gasteiger partial charge in [-0.3, -0.25) is 4.79 Å². The summed E-state index contributed by atoms with van der Waals surface area (Å²) in [7, 11) is 0. The Kier molecular flexibility index (Phi) is 5.35. The van der Waals surface area contributed by atoms with E-state index < -0.39 is 0 Å². The van der Waals surface area contributed by atoms with Crippen LogP contribution in [0.4, 0.5) is 0 Å². The van der Waals surface area contributed by atoms with Gasteiger partial charge in [-0.1, -0.05) is 30.3 Å². The van der Waals surface area contributed by atoms with Crippen molar-refractivity contribution in [2.45, 2.75) is 45.6 Å². The van der Waals surface area contributed by atoms with E-state index in [2.05, 4.69) is 51.2 Å². The zero-order valence-electron chi connectivity index (χ0n) is 16.6. The molecule has 0 bridgehead atoms. The number of H-pyrrole nitrogens is 1. The molecule has 4 heteroatoms. The van der Waals surface area contributed by atoms with E-state index in [9.17, 15) is 4.79 Å². The fourth-order valence-electron chi connectivity index (χ4n) is 4.96. The van der Waals surface area contributed by atoms with Crippen LogP contribution >= 0.6 is 0 Å². The Morgan fingerprint density at radius 3 is 2.70 bits per heavy atom. The number of fused-ring (bicyclic) bond motifs is 1. The van der Waals surface area contributed by atoms with Crippen LogP contribution in [0, 0.1) is 19.8 Å². The number of likely N-dealkylation sites (tertiary alicyclic amines) is 2. The van der Waals surface area contributed by atoms with Gasteiger partial charge < -0.3 is 14.8 Å². The van der Waals surface area contributed by atoms with Crippen LogP contribution in [-0.4, -0.2) is 52.9 Å². The van der Waals surface area contributed by atoms with Crippen molar-refractivity contribution >= 4 is 5.91 Å². The maximum absolute atomic E-state index is 13.2. The first kappa shape index (κ1) is 18.3. The molecule has 2 saturated heterocycles.